The van der Waals surface area contributed by atoms with Crippen molar-refractivity contribution in [1.82, 2.24) is 0 Å². The summed E-state index contributed by atoms with van der Waals surface area (Å²) in [5.41, 5.74) is 7.44. The van der Waals surface area contributed by atoms with Crippen LogP contribution in [0.4, 0.5) is 0 Å². The molecule has 29 heavy (non-hydrogen) atoms. The molecule has 0 spiro atoms. The van der Waals surface area contributed by atoms with Crippen molar-refractivity contribution in [3.05, 3.63) is 65.7 Å². The molecule has 0 bridgehead atoms. The van der Waals surface area contributed by atoms with Crippen molar-refractivity contribution < 1.29 is 14.9 Å². The van der Waals surface area contributed by atoms with Crippen molar-refractivity contribution >= 4 is 0 Å². The van der Waals surface area contributed by atoms with Crippen molar-refractivity contribution in [2.24, 2.45) is 5.73 Å². The van der Waals surface area contributed by atoms with Crippen LogP contribution in [0.2, 0.25) is 0 Å². The van der Waals surface area contributed by atoms with E-state index in [2.05, 4.69) is 30.3 Å². The highest BCUT2D eigenvalue weighted by molar-refractivity contribution is 5.27. The van der Waals surface area contributed by atoms with Crippen molar-refractivity contribution in [2.75, 3.05) is 6.61 Å². The zero-order valence-electron chi connectivity index (χ0n) is 17.7. The van der Waals surface area contributed by atoms with Crippen LogP contribution in [-0.2, 0) is 12.8 Å². The Bertz CT molecular complexity index is 668. The molecule has 0 radical (unpaired) electrons. The Kier molecular flexibility index (Phi) is 10.2. The SMILES string of the molecule is CC(N)(CCc1ccc(OCCCCCCCCc2ccccc2)cc1)C(O)O. The van der Waals surface area contributed by atoms with Gasteiger partial charge in [-0.1, -0.05) is 68.1 Å². The van der Waals surface area contributed by atoms with E-state index in [9.17, 15) is 10.2 Å². The number of benzene rings is 2. The molecule has 2 aromatic rings. The van der Waals surface area contributed by atoms with E-state index in [1.165, 1.54) is 44.1 Å². The molecule has 0 aromatic heterocycles. The summed E-state index contributed by atoms with van der Waals surface area (Å²) in [6.07, 6.45) is 8.32. The Morgan fingerprint density at radius 1 is 0.793 bits per heavy atom. The molecule has 0 fully saturated rings. The van der Waals surface area contributed by atoms with Gasteiger partial charge in [-0.3, -0.25) is 0 Å². The van der Waals surface area contributed by atoms with Gasteiger partial charge in [0.25, 0.3) is 0 Å². The molecule has 0 aliphatic rings. The molecule has 160 valence electrons. The summed E-state index contributed by atoms with van der Waals surface area (Å²) in [4.78, 5) is 0. The van der Waals surface area contributed by atoms with Crippen LogP contribution in [0.1, 0.15) is 63.0 Å². The molecule has 0 amide bonds. The van der Waals surface area contributed by atoms with E-state index in [1.807, 2.05) is 24.3 Å². The highest BCUT2D eigenvalue weighted by Gasteiger charge is 2.26. The normalized spacial score (nSPS) is 13.4. The second-order valence-corrected chi connectivity index (χ2v) is 8.23. The Labute approximate surface area is 175 Å². The van der Waals surface area contributed by atoms with E-state index < -0.39 is 11.8 Å². The predicted octanol–water partition coefficient (Wildman–Crippen LogP) is 4.61. The van der Waals surface area contributed by atoms with Crippen LogP contribution in [-0.4, -0.2) is 28.6 Å². The van der Waals surface area contributed by atoms with Crippen molar-refractivity contribution in [3.8, 4) is 5.75 Å². The number of unbranched alkanes of at least 4 members (excludes halogenated alkanes) is 5. The van der Waals surface area contributed by atoms with Gasteiger partial charge in [-0.15, -0.1) is 0 Å². The summed E-state index contributed by atoms with van der Waals surface area (Å²) < 4.78 is 5.83. The Hall–Kier alpha value is -1.88. The number of rotatable bonds is 14. The summed E-state index contributed by atoms with van der Waals surface area (Å²) >= 11 is 0. The molecule has 4 heteroatoms. The molecule has 0 heterocycles. The molecule has 1 atom stereocenters. The first-order valence-electron chi connectivity index (χ1n) is 10.9. The molecule has 0 aliphatic carbocycles. The van der Waals surface area contributed by atoms with Crippen LogP contribution in [0.25, 0.3) is 0 Å². The van der Waals surface area contributed by atoms with E-state index in [0.29, 0.717) is 12.8 Å². The Morgan fingerprint density at radius 2 is 1.38 bits per heavy atom. The van der Waals surface area contributed by atoms with Crippen LogP contribution in [0.3, 0.4) is 0 Å². The van der Waals surface area contributed by atoms with Crippen LogP contribution in [0.5, 0.6) is 5.75 Å². The van der Waals surface area contributed by atoms with Gasteiger partial charge in [0, 0.05) is 0 Å². The van der Waals surface area contributed by atoms with Crippen LogP contribution in [0, 0.1) is 0 Å². The number of aryl methyl sites for hydroxylation is 2. The first kappa shape index (κ1) is 23.4. The third kappa shape index (κ3) is 9.44. The van der Waals surface area contributed by atoms with Gasteiger partial charge in [0.1, 0.15) is 5.75 Å². The number of aliphatic hydroxyl groups excluding tert-OH is 1. The van der Waals surface area contributed by atoms with Crippen LogP contribution in [0.15, 0.2) is 54.6 Å². The minimum absolute atomic E-state index is 0.510. The van der Waals surface area contributed by atoms with Gasteiger partial charge < -0.3 is 20.7 Å². The highest BCUT2D eigenvalue weighted by atomic mass is 16.5. The second-order valence-electron chi connectivity index (χ2n) is 8.23. The standard InChI is InChI=1S/C25H37NO3/c1-25(26,24(27)28)19-18-22-14-16-23(17-15-22)29-20-10-5-3-2-4-7-11-21-12-8-6-9-13-21/h6,8-9,12-17,24,27-28H,2-5,7,10-11,18-20,26H2,1H3. The Balaban J connectivity index is 1.50. The number of hydrogen-bond donors (Lipinski definition) is 3. The largest absolute Gasteiger partial charge is 0.494 e. The highest BCUT2D eigenvalue weighted by Crippen LogP contribution is 2.18. The first-order valence-corrected chi connectivity index (χ1v) is 10.9. The van der Waals surface area contributed by atoms with Gasteiger partial charge in [0.2, 0.25) is 0 Å². The van der Waals surface area contributed by atoms with E-state index >= 15 is 0 Å². The second kappa shape index (κ2) is 12.6. The summed E-state index contributed by atoms with van der Waals surface area (Å²) in [5.74, 6) is 0.884. The van der Waals surface area contributed by atoms with Gasteiger partial charge in [-0.05, 0) is 62.3 Å². The van der Waals surface area contributed by atoms with Gasteiger partial charge >= 0.3 is 0 Å². The van der Waals surface area contributed by atoms with Gasteiger partial charge in [0.15, 0.2) is 6.29 Å². The summed E-state index contributed by atoms with van der Waals surface area (Å²) in [6.45, 7) is 2.40. The zero-order valence-corrected chi connectivity index (χ0v) is 17.7. The fourth-order valence-corrected chi connectivity index (χ4v) is 3.27. The van der Waals surface area contributed by atoms with E-state index in [0.717, 1.165) is 24.3 Å². The quantitative estimate of drug-likeness (QED) is 0.320. The topological polar surface area (TPSA) is 75.7 Å². The molecule has 2 rings (SSSR count). The summed E-state index contributed by atoms with van der Waals surface area (Å²) in [5, 5.41) is 18.5. The Morgan fingerprint density at radius 3 is 2.03 bits per heavy atom. The number of aliphatic hydroxyl groups is 2. The molecule has 0 saturated heterocycles. The zero-order chi connectivity index (χ0) is 21.0. The molecule has 2 aromatic carbocycles. The van der Waals surface area contributed by atoms with E-state index in [-0.39, 0.29) is 0 Å². The van der Waals surface area contributed by atoms with E-state index in [1.54, 1.807) is 6.92 Å². The van der Waals surface area contributed by atoms with Crippen molar-refractivity contribution in [1.29, 1.82) is 0 Å². The van der Waals surface area contributed by atoms with Crippen LogP contribution < -0.4 is 10.5 Å². The van der Waals surface area contributed by atoms with E-state index in [4.69, 9.17) is 10.5 Å². The molecule has 0 saturated carbocycles. The summed E-state index contributed by atoms with van der Waals surface area (Å²) in [6, 6.07) is 18.7. The summed E-state index contributed by atoms with van der Waals surface area (Å²) in [7, 11) is 0. The molecule has 0 aliphatic heterocycles. The van der Waals surface area contributed by atoms with Crippen molar-refractivity contribution in [2.45, 2.75) is 76.5 Å². The lowest BCUT2D eigenvalue weighted by Gasteiger charge is -2.26. The maximum absolute atomic E-state index is 9.26. The lowest BCUT2D eigenvalue weighted by Crippen LogP contribution is -2.48. The minimum Gasteiger partial charge on any atom is -0.494 e. The number of ether oxygens (including phenoxy) is 1. The fraction of sp³-hybridized carbons (Fsp3) is 0.520. The average molecular weight is 400 g/mol. The molecule has 4 N–H and O–H groups in total. The van der Waals surface area contributed by atoms with Gasteiger partial charge in [-0.25, -0.2) is 0 Å². The lowest BCUT2D eigenvalue weighted by atomic mass is 9.94. The maximum Gasteiger partial charge on any atom is 0.169 e. The third-order valence-corrected chi connectivity index (χ3v) is 5.44. The third-order valence-electron chi connectivity index (χ3n) is 5.44. The molecular formula is C25H37NO3. The van der Waals surface area contributed by atoms with Crippen LogP contribution >= 0.6 is 0 Å². The monoisotopic (exact) mass is 399 g/mol. The maximum atomic E-state index is 9.26. The molecule has 1 unspecified atom stereocenters. The van der Waals surface area contributed by atoms with Gasteiger partial charge in [0.05, 0.1) is 12.1 Å². The van der Waals surface area contributed by atoms with Crippen molar-refractivity contribution in [3.63, 3.8) is 0 Å². The lowest BCUT2D eigenvalue weighted by molar-refractivity contribution is -0.0927. The number of hydrogen-bond acceptors (Lipinski definition) is 4. The fourth-order valence-electron chi connectivity index (χ4n) is 3.27. The average Bonchev–Trinajstić information content (AvgIpc) is 2.72. The minimum atomic E-state index is -1.51. The predicted molar refractivity (Wildman–Crippen MR) is 119 cm³/mol. The van der Waals surface area contributed by atoms with Gasteiger partial charge in [-0.2, -0.15) is 0 Å². The first-order chi connectivity index (χ1) is 14.0. The number of nitrogens with two attached hydrogens (primary N) is 1. The molecule has 4 nitrogen and oxygen atoms in total. The molecular weight excluding hydrogens is 362 g/mol. The smallest absolute Gasteiger partial charge is 0.169 e.